The van der Waals surface area contributed by atoms with Gasteiger partial charge in [0.25, 0.3) is 0 Å². The first-order valence-electron chi connectivity index (χ1n) is 6.59. The van der Waals surface area contributed by atoms with E-state index in [0.29, 0.717) is 6.42 Å². The summed E-state index contributed by atoms with van der Waals surface area (Å²) in [6, 6.07) is 3.25. The molecule has 0 saturated heterocycles. The summed E-state index contributed by atoms with van der Waals surface area (Å²) in [6.45, 7) is 3.76. The molecule has 0 bridgehead atoms. The number of carbonyl (C=O) groups excluding carboxylic acids is 1. The number of carboxylic acids is 1. The third-order valence-electron chi connectivity index (χ3n) is 3.20. The smallest absolute Gasteiger partial charge is 0.326 e. The van der Waals surface area contributed by atoms with Gasteiger partial charge in [0.1, 0.15) is 6.04 Å². The quantitative estimate of drug-likeness (QED) is 0.771. The summed E-state index contributed by atoms with van der Waals surface area (Å²) in [5, 5.41) is 13.7. The number of hydrogen-bond donors (Lipinski definition) is 2. The fourth-order valence-corrected chi connectivity index (χ4v) is 2.56. The maximum Gasteiger partial charge on any atom is 0.326 e. The van der Waals surface area contributed by atoms with Gasteiger partial charge in [0.2, 0.25) is 5.91 Å². The predicted molar refractivity (Wildman–Crippen MR) is 76.3 cm³/mol. The SMILES string of the molecule is CCC(C)[C@H](NC(=O)CCCc1cccs1)C(=O)O. The van der Waals surface area contributed by atoms with E-state index in [0.717, 1.165) is 19.3 Å². The normalized spacial score (nSPS) is 13.8. The number of aryl methyl sites for hydroxylation is 1. The van der Waals surface area contributed by atoms with Gasteiger partial charge in [-0.2, -0.15) is 0 Å². The van der Waals surface area contributed by atoms with E-state index < -0.39 is 12.0 Å². The van der Waals surface area contributed by atoms with Crippen molar-refractivity contribution in [1.82, 2.24) is 5.32 Å². The molecule has 2 atom stereocenters. The highest BCUT2D eigenvalue weighted by molar-refractivity contribution is 7.09. The average Bonchev–Trinajstić information content (AvgIpc) is 2.87. The maximum atomic E-state index is 11.7. The minimum Gasteiger partial charge on any atom is -0.480 e. The lowest BCUT2D eigenvalue weighted by atomic mass is 9.99. The first kappa shape index (κ1) is 15.7. The van der Waals surface area contributed by atoms with Crippen molar-refractivity contribution in [3.63, 3.8) is 0 Å². The van der Waals surface area contributed by atoms with Crippen molar-refractivity contribution >= 4 is 23.2 Å². The van der Waals surface area contributed by atoms with Crippen LogP contribution < -0.4 is 5.32 Å². The zero-order valence-electron chi connectivity index (χ0n) is 11.4. The van der Waals surface area contributed by atoms with Gasteiger partial charge >= 0.3 is 5.97 Å². The molecule has 0 aliphatic heterocycles. The number of carbonyl (C=O) groups is 2. The Morgan fingerprint density at radius 1 is 1.47 bits per heavy atom. The van der Waals surface area contributed by atoms with E-state index in [-0.39, 0.29) is 11.8 Å². The fourth-order valence-electron chi connectivity index (χ4n) is 1.81. The lowest BCUT2D eigenvalue weighted by Crippen LogP contribution is -2.44. The van der Waals surface area contributed by atoms with E-state index in [9.17, 15) is 9.59 Å². The lowest BCUT2D eigenvalue weighted by molar-refractivity contribution is -0.143. The van der Waals surface area contributed by atoms with Crippen molar-refractivity contribution in [3.8, 4) is 0 Å². The topological polar surface area (TPSA) is 66.4 Å². The van der Waals surface area contributed by atoms with E-state index in [2.05, 4.69) is 5.32 Å². The molecule has 0 fully saturated rings. The van der Waals surface area contributed by atoms with Crippen molar-refractivity contribution in [2.24, 2.45) is 5.92 Å². The molecule has 1 heterocycles. The Kier molecular flexibility index (Phi) is 6.56. The lowest BCUT2D eigenvalue weighted by Gasteiger charge is -2.20. The molecular formula is C14H21NO3S. The Hall–Kier alpha value is -1.36. The van der Waals surface area contributed by atoms with Gasteiger partial charge in [0.15, 0.2) is 0 Å². The number of rotatable bonds is 8. The van der Waals surface area contributed by atoms with Gasteiger partial charge < -0.3 is 10.4 Å². The van der Waals surface area contributed by atoms with Crippen molar-refractivity contribution in [2.75, 3.05) is 0 Å². The highest BCUT2D eigenvalue weighted by Crippen LogP contribution is 2.12. The Bertz CT molecular complexity index is 403. The summed E-state index contributed by atoms with van der Waals surface area (Å²) in [6.07, 6.45) is 2.72. The van der Waals surface area contributed by atoms with E-state index >= 15 is 0 Å². The van der Waals surface area contributed by atoms with Crippen LogP contribution in [0.1, 0.15) is 38.0 Å². The van der Waals surface area contributed by atoms with Crippen LogP contribution in [-0.2, 0) is 16.0 Å². The Morgan fingerprint density at radius 2 is 2.21 bits per heavy atom. The molecule has 0 radical (unpaired) electrons. The van der Waals surface area contributed by atoms with Crippen molar-refractivity contribution < 1.29 is 14.7 Å². The van der Waals surface area contributed by atoms with Crippen LogP contribution in [0.5, 0.6) is 0 Å². The van der Waals surface area contributed by atoms with Crippen LogP contribution in [0.4, 0.5) is 0 Å². The van der Waals surface area contributed by atoms with Gasteiger partial charge in [0.05, 0.1) is 0 Å². The molecule has 0 saturated carbocycles. The molecule has 4 nitrogen and oxygen atoms in total. The summed E-state index contributed by atoms with van der Waals surface area (Å²) >= 11 is 1.68. The van der Waals surface area contributed by atoms with Gasteiger partial charge in [-0.25, -0.2) is 4.79 Å². The van der Waals surface area contributed by atoms with E-state index in [1.807, 2.05) is 31.4 Å². The first-order chi connectivity index (χ1) is 9.04. The van der Waals surface area contributed by atoms with Crippen LogP contribution in [0.2, 0.25) is 0 Å². The van der Waals surface area contributed by atoms with Crippen LogP contribution in [0, 0.1) is 5.92 Å². The fraction of sp³-hybridized carbons (Fsp3) is 0.571. The number of thiophene rings is 1. The molecule has 19 heavy (non-hydrogen) atoms. The monoisotopic (exact) mass is 283 g/mol. The molecule has 5 heteroatoms. The predicted octanol–water partition coefficient (Wildman–Crippen LogP) is 2.69. The van der Waals surface area contributed by atoms with Gasteiger partial charge in [-0.3, -0.25) is 4.79 Å². The Labute approximate surface area is 117 Å². The van der Waals surface area contributed by atoms with Crippen molar-refractivity contribution in [1.29, 1.82) is 0 Å². The molecule has 1 rings (SSSR count). The molecule has 1 unspecified atom stereocenters. The molecule has 1 aromatic rings. The zero-order chi connectivity index (χ0) is 14.3. The van der Waals surface area contributed by atoms with Crippen LogP contribution >= 0.6 is 11.3 Å². The maximum absolute atomic E-state index is 11.7. The molecule has 0 spiro atoms. The first-order valence-corrected chi connectivity index (χ1v) is 7.47. The Morgan fingerprint density at radius 3 is 2.74 bits per heavy atom. The second kappa shape index (κ2) is 7.94. The van der Waals surface area contributed by atoms with Crippen LogP contribution in [0.15, 0.2) is 17.5 Å². The molecular weight excluding hydrogens is 262 g/mol. The molecule has 0 aliphatic carbocycles. The molecule has 1 aromatic heterocycles. The van der Waals surface area contributed by atoms with E-state index in [1.54, 1.807) is 11.3 Å². The van der Waals surface area contributed by atoms with Gasteiger partial charge in [-0.15, -0.1) is 11.3 Å². The van der Waals surface area contributed by atoms with Crippen LogP contribution in [0.25, 0.3) is 0 Å². The highest BCUT2D eigenvalue weighted by atomic mass is 32.1. The molecule has 0 aromatic carbocycles. The summed E-state index contributed by atoms with van der Waals surface area (Å²) < 4.78 is 0. The largest absolute Gasteiger partial charge is 0.480 e. The molecule has 106 valence electrons. The average molecular weight is 283 g/mol. The van der Waals surface area contributed by atoms with Gasteiger partial charge in [-0.1, -0.05) is 26.3 Å². The minimum absolute atomic E-state index is 0.0567. The summed E-state index contributed by atoms with van der Waals surface area (Å²) in [5.74, 6) is -1.19. The van der Waals surface area contributed by atoms with Crippen molar-refractivity contribution in [2.45, 2.75) is 45.6 Å². The third-order valence-corrected chi connectivity index (χ3v) is 4.14. The standard InChI is InChI=1S/C14H21NO3S/c1-3-10(2)13(14(17)18)15-12(16)8-4-6-11-7-5-9-19-11/h5,7,9-10,13H,3-4,6,8H2,1-2H3,(H,15,16)(H,17,18)/t10?,13-/m0/s1. The second-order valence-corrected chi connectivity index (χ2v) is 5.73. The molecule has 2 N–H and O–H groups in total. The number of aliphatic carboxylic acids is 1. The van der Waals surface area contributed by atoms with E-state index in [1.165, 1.54) is 4.88 Å². The van der Waals surface area contributed by atoms with Crippen molar-refractivity contribution in [3.05, 3.63) is 22.4 Å². The molecule has 1 amide bonds. The van der Waals surface area contributed by atoms with Crippen LogP contribution in [0.3, 0.4) is 0 Å². The van der Waals surface area contributed by atoms with Crippen LogP contribution in [-0.4, -0.2) is 23.0 Å². The summed E-state index contributed by atoms with van der Waals surface area (Å²) in [5.41, 5.74) is 0. The number of amides is 1. The zero-order valence-corrected chi connectivity index (χ0v) is 12.2. The second-order valence-electron chi connectivity index (χ2n) is 4.70. The summed E-state index contributed by atoms with van der Waals surface area (Å²) in [4.78, 5) is 24.1. The number of carboxylic acid groups (broad SMARTS) is 1. The Balaban J connectivity index is 2.34. The number of hydrogen-bond acceptors (Lipinski definition) is 3. The van der Waals surface area contributed by atoms with Gasteiger partial charge in [0, 0.05) is 11.3 Å². The van der Waals surface area contributed by atoms with Gasteiger partial charge in [-0.05, 0) is 30.2 Å². The third kappa shape index (κ3) is 5.42. The minimum atomic E-state index is -0.957. The molecule has 0 aliphatic rings. The summed E-state index contributed by atoms with van der Waals surface area (Å²) in [7, 11) is 0. The highest BCUT2D eigenvalue weighted by Gasteiger charge is 2.24. The van der Waals surface area contributed by atoms with E-state index in [4.69, 9.17) is 5.11 Å². The number of nitrogens with one attached hydrogen (secondary N) is 1.